The van der Waals surface area contributed by atoms with Crippen LogP contribution < -0.4 is 5.32 Å². The van der Waals surface area contributed by atoms with E-state index in [-0.39, 0.29) is 11.1 Å². The summed E-state index contributed by atoms with van der Waals surface area (Å²) < 4.78 is 20.1. The number of hydrogen-bond acceptors (Lipinski definition) is 6. The average Bonchev–Trinajstić information content (AvgIpc) is 3.16. The lowest BCUT2D eigenvalue weighted by atomic mass is 10.2. The van der Waals surface area contributed by atoms with Crippen molar-refractivity contribution in [2.45, 2.75) is 26.3 Å². The standard InChI is InChI=1S/C15H16ClFN6O/c1-8(18-3)6-13-19-15(24-21-13)14-9(2)23(22-20-14)10-4-5-12(17)11(16)7-10/h4-5,7-8,18H,6H2,1-3H3. The van der Waals surface area contributed by atoms with E-state index in [1.165, 1.54) is 12.1 Å². The van der Waals surface area contributed by atoms with Gasteiger partial charge in [-0.2, -0.15) is 4.98 Å². The molecule has 24 heavy (non-hydrogen) atoms. The van der Waals surface area contributed by atoms with Gasteiger partial charge in [-0.05, 0) is 39.1 Å². The molecule has 1 atom stereocenters. The minimum Gasteiger partial charge on any atom is -0.332 e. The van der Waals surface area contributed by atoms with Gasteiger partial charge in [0.1, 0.15) is 5.82 Å². The van der Waals surface area contributed by atoms with E-state index in [2.05, 4.69) is 25.8 Å². The second-order valence-electron chi connectivity index (χ2n) is 5.44. The first-order chi connectivity index (χ1) is 11.5. The number of rotatable bonds is 5. The van der Waals surface area contributed by atoms with Crippen molar-refractivity contribution in [3.05, 3.63) is 40.6 Å². The number of nitrogens with zero attached hydrogens (tertiary/aromatic N) is 5. The predicted molar refractivity (Wildman–Crippen MR) is 86.6 cm³/mol. The quantitative estimate of drug-likeness (QED) is 0.761. The molecule has 2 aromatic heterocycles. The van der Waals surface area contributed by atoms with Gasteiger partial charge in [0.2, 0.25) is 0 Å². The highest BCUT2D eigenvalue weighted by Gasteiger charge is 2.19. The van der Waals surface area contributed by atoms with Crippen LogP contribution in [-0.4, -0.2) is 38.2 Å². The zero-order valence-electron chi connectivity index (χ0n) is 13.4. The number of hydrogen-bond donors (Lipinski definition) is 1. The van der Waals surface area contributed by atoms with Gasteiger partial charge in [0.15, 0.2) is 11.5 Å². The molecule has 126 valence electrons. The average molecular weight is 351 g/mol. The van der Waals surface area contributed by atoms with Crippen LogP contribution in [0.2, 0.25) is 5.02 Å². The molecule has 0 aliphatic rings. The fourth-order valence-corrected chi connectivity index (χ4v) is 2.37. The Bertz CT molecular complexity index is 862. The molecule has 0 amide bonds. The molecule has 7 nitrogen and oxygen atoms in total. The third-order valence-corrected chi connectivity index (χ3v) is 3.98. The van der Waals surface area contributed by atoms with E-state index >= 15 is 0 Å². The Morgan fingerprint density at radius 2 is 2.21 bits per heavy atom. The Labute approximate surface area is 142 Å². The number of nitrogens with one attached hydrogen (secondary N) is 1. The minimum atomic E-state index is -0.487. The lowest BCUT2D eigenvalue weighted by molar-refractivity contribution is 0.417. The normalized spacial score (nSPS) is 12.5. The first-order valence-corrected chi connectivity index (χ1v) is 7.75. The van der Waals surface area contributed by atoms with Gasteiger partial charge in [-0.3, -0.25) is 0 Å². The topological polar surface area (TPSA) is 81.7 Å². The first-order valence-electron chi connectivity index (χ1n) is 7.37. The number of benzene rings is 1. The SMILES string of the molecule is CNC(C)Cc1noc(-c2nnn(-c3ccc(F)c(Cl)c3)c2C)n1. The lowest BCUT2D eigenvalue weighted by Crippen LogP contribution is -2.24. The first kappa shape index (κ1) is 16.5. The van der Waals surface area contributed by atoms with Crippen molar-refractivity contribution in [1.82, 2.24) is 30.5 Å². The van der Waals surface area contributed by atoms with E-state index in [1.54, 1.807) is 10.7 Å². The van der Waals surface area contributed by atoms with Crippen molar-refractivity contribution in [3.8, 4) is 17.3 Å². The Morgan fingerprint density at radius 3 is 2.92 bits per heavy atom. The molecule has 1 unspecified atom stereocenters. The summed E-state index contributed by atoms with van der Waals surface area (Å²) in [6.07, 6.45) is 0.640. The van der Waals surface area contributed by atoms with Gasteiger partial charge in [0, 0.05) is 12.5 Å². The fourth-order valence-electron chi connectivity index (χ4n) is 2.20. The summed E-state index contributed by atoms with van der Waals surface area (Å²) in [5.41, 5.74) is 1.77. The van der Waals surface area contributed by atoms with Gasteiger partial charge in [0.25, 0.3) is 5.89 Å². The van der Waals surface area contributed by atoms with Gasteiger partial charge >= 0.3 is 0 Å². The van der Waals surface area contributed by atoms with Gasteiger partial charge in [0.05, 0.1) is 16.4 Å². The Morgan fingerprint density at radius 1 is 1.42 bits per heavy atom. The fraction of sp³-hybridized carbons (Fsp3) is 0.333. The van der Waals surface area contributed by atoms with Crippen LogP contribution in [0.3, 0.4) is 0 Å². The summed E-state index contributed by atoms with van der Waals surface area (Å²) in [5.74, 6) is 0.398. The molecule has 0 saturated heterocycles. The predicted octanol–water partition coefficient (Wildman–Crippen LogP) is 2.57. The molecule has 9 heteroatoms. The van der Waals surface area contributed by atoms with E-state index in [1.807, 2.05) is 20.9 Å². The van der Waals surface area contributed by atoms with Crippen molar-refractivity contribution in [1.29, 1.82) is 0 Å². The molecule has 1 N–H and O–H groups in total. The van der Waals surface area contributed by atoms with Crippen LogP contribution in [0.4, 0.5) is 4.39 Å². The van der Waals surface area contributed by atoms with Crippen LogP contribution in [0.5, 0.6) is 0 Å². The highest BCUT2D eigenvalue weighted by Crippen LogP contribution is 2.24. The van der Waals surface area contributed by atoms with Crippen LogP contribution in [0.1, 0.15) is 18.4 Å². The molecule has 0 fully saturated rings. The largest absolute Gasteiger partial charge is 0.332 e. The third-order valence-electron chi connectivity index (χ3n) is 3.69. The van der Waals surface area contributed by atoms with Crippen LogP contribution >= 0.6 is 11.6 Å². The molecule has 0 radical (unpaired) electrons. The summed E-state index contributed by atoms with van der Waals surface area (Å²) in [7, 11) is 1.87. The maximum Gasteiger partial charge on any atom is 0.280 e. The van der Waals surface area contributed by atoms with E-state index < -0.39 is 5.82 Å². The maximum atomic E-state index is 13.3. The molecule has 0 spiro atoms. The summed E-state index contributed by atoms with van der Waals surface area (Å²) >= 11 is 5.82. The Kier molecular flexibility index (Phi) is 4.59. The highest BCUT2D eigenvalue weighted by molar-refractivity contribution is 6.30. The van der Waals surface area contributed by atoms with E-state index in [0.717, 1.165) is 0 Å². The van der Waals surface area contributed by atoms with Crippen molar-refractivity contribution in [2.24, 2.45) is 0 Å². The molecular weight excluding hydrogens is 335 g/mol. The zero-order valence-corrected chi connectivity index (χ0v) is 14.2. The third kappa shape index (κ3) is 3.15. The Balaban J connectivity index is 1.91. The monoisotopic (exact) mass is 350 g/mol. The molecule has 3 aromatic rings. The Hall–Kier alpha value is -2.32. The van der Waals surface area contributed by atoms with Gasteiger partial charge in [-0.25, -0.2) is 9.07 Å². The summed E-state index contributed by atoms with van der Waals surface area (Å²) in [6.45, 7) is 3.84. The molecule has 0 bridgehead atoms. The second kappa shape index (κ2) is 6.66. The van der Waals surface area contributed by atoms with Crippen LogP contribution in [0.15, 0.2) is 22.7 Å². The van der Waals surface area contributed by atoms with Crippen LogP contribution in [0.25, 0.3) is 17.3 Å². The summed E-state index contributed by atoms with van der Waals surface area (Å²) in [6, 6.07) is 4.56. The van der Waals surface area contributed by atoms with Crippen LogP contribution in [0, 0.1) is 12.7 Å². The maximum absolute atomic E-state index is 13.3. The van der Waals surface area contributed by atoms with Gasteiger partial charge in [-0.15, -0.1) is 5.10 Å². The zero-order chi connectivity index (χ0) is 17.3. The highest BCUT2D eigenvalue weighted by atomic mass is 35.5. The van der Waals surface area contributed by atoms with Crippen molar-refractivity contribution < 1.29 is 8.91 Å². The smallest absolute Gasteiger partial charge is 0.280 e. The lowest BCUT2D eigenvalue weighted by Gasteiger charge is -2.04. The molecule has 1 aromatic carbocycles. The number of aromatic nitrogens is 5. The van der Waals surface area contributed by atoms with E-state index in [4.69, 9.17) is 16.1 Å². The summed E-state index contributed by atoms with van der Waals surface area (Å²) in [5, 5.41) is 15.2. The van der Waals surface area contributed by atoms with Gasteiger partial charge < -0.3 is 9.84 Å². The molecular formula is C15H16ClFN6O. The number of halogens is 2. The van der Waals surface area contributed by atoms with Gasteiger partial charge in [-0.1, -0.05) is 22.0 Å². The van der Waals surface area contributed by atoms with E-state index in [0.29, 0.717) is 35.2 Å². The molecule has 2 heterocycles. The van der Waals surface area contributed by atoms with Crippen molar-refractivity contribution >= 4 is 11.6 Å². The molecule has 0 aliphatic heterocycles. The molecule has 3 rings (SSSR count). The van der Waals surface area contributed by atoms with Crippen molar-refractivity contribution in [3.63, 3.8) is 0 Å². The van der Waals surface area contributed by atoms with E-state index in [9.17, 15) is 4.39 Å². The molecule has 0 aliphatic carbocycles. The number of likely N-dealkylation sites (N-methyl/N-ethyl adjacent to an activating group) is 1. The van der Waals surface area contributed by atoms with Crippen LogP contribution in [-0.2, 0) is 6.42 Å². The molecule has 0 saturated carbocycles. The van der Waals surface area contributed by atoms with Crippen molar-refractivity contribution in [2.75, 3.05) is 7.05 Å². The summed E-state index contributed by atoms with van der Waals surface area (Å²) in [4.78, 5) is 4.35. The minimum absolute atomic E-state index is 0.0186. The second-order valence-corrected chi connectivity index (χ2v) is 5.85.